The van der Waals surface area contributed by atoms with Crippen molar-refractivity contribution in [1.82, 2.24) is 19.7 Å². The van der Waals surface area contributed by atoms with Crippen molar-refractivity contribution in [2.24, 2.45) is 5.92 Å². The minimum Gasteiger partial charge on any atom is -0.310 e. The molecular weight excluding hydrogens is 383 g/mol. The number of rotatable bonds is 4. The molecule has 0 spiro atoms. The number of aromatic nitrogens is 4. The fourth-order valence-corrected chi connectivity index (χ4v) is 3.48. The summed E-state index contributed by atoms with van der Waals surface area (Å²) in [7, 11) is 0. The summed E-state index contributed by atoms with van der Waals surface area (Å²) in [5.41, 5.74) is -1.61. The molecule has 2 aromatic heterocycles. The quantitative estimate of drug-likeness (QED) is 0.675. The van der Waals surface area contributed by atoms with Gasteiger partial charge in [0, 0.05) is 0 Å². The van der Waals surface area contributed by atoms with Gasteiger partial charge in [0.25, 0.3) is 5.56 Å². The molecule has 1 N–H and O–H groups in total. The fourth-order valence-electron chi connectivity index (χ4n) is 3.48. The zero-order valence-corrected chi connectivity index (χ0v) is 14.6. The Morgan fingerprint density at radius 1 is 1.32 bits per heavy atom. The van der Waals surface area contributed by atoms with Crippen LogP contribution in [0.1, 0.15) is 41.5 Å². The van der Waals surface area contributed by atoms with Crippen LogP contribution in [-0.2, 0) is 12.9 Å². The molecule has 0 unspecified atom stereocenters. The lowest BCUT2D eigenvalue weighted by atomic mass is 10.0. The second kappa shape index (κ2) is 6.39. The Morgan fingerprint density at radius 2 is 2.04 bits per heavy atom. The number of benzene rings is 1. The van der Waals surface area contributed by atoms with Crippen molar-refractivity contribution in [3.05, 3.63) is 57.0 Å². The van der Waals surface area contributed by atoms with E-state index >= 15 is 0 Å². The molecule has 0 bridgehead atoms. The number of aryl methyl sites for hydroxylation is 1. The zero-order valence-electron chi connectivity index (χ0n) is 14.6. The maximum Gasteiger partial charge on any atom is 0.419 e. The summed E-state index contributed by atoms with van der Waals surface area (Å²) in [5.74, 6) is -1.12. The summed E-state index contributed by atoms with van der Waals surface area (Å²) >= 11 is 0. The van der Waals surface area contributed by atoms with Crippen LogP contribution in [0.15, 0.2) is 23.0 Å². The van der Waals surface area contributed by atoms with Crippen LogP contribution in [0.2, 0.25) is 0 Å². The van der Waals surface area contributed by atoms with Crippen LogP contribution < -0.4 is 5.56 Å². The minimum absolute atomic E-state index is 0.00821. The van der Waals surface area contributed by atoms with E-state index in [2.05, 4.69) is 15.1 Å². The Labute approximate surface area is 155 Å². The summed E-state index contributed by atoms with van der Waals surface area (Å²) in [6, 6.07) is 2.06. The highest BCUT2D eigenvalue weighted by atomic mass is 19.4. The van der Waals surface area contributed by atoms with E-state index in [-0.39, 0.29) is 34.0 Å². The van der Waals surface area contributed by atoms with Gasteiger partial charge < -0.3 is 4.98 Å². The van der Waals surface area contributed by atoms with Crippen LogP contribution in [0.3, 0.4) is 0 Å². The lowest BCUT2D eigenvalue weighted by Gasteiger charge is -2.19. The van der Waals surface area contributed by atoms with Crippen molar-refractivity contribution in [3.63, 3.8) is 0 Å². The van der Waals surface area contributed by atoms with E-state index in [4.69, 9.17) is 0 Å². The van der Waals surface area contributed by atoms with E-state index in [9.17, 15) is 26.7 Å². The van der Waals surface area contributed by atoms with Gasteiger partial charge in [-0.05, 0) is 43.4 Å². The highest BCUT2D eigenvalue weighted by molar-refractivity contribution is 5.77. The Morgan fingerprint density at radius 3 is 2.61 bits per heavy atom. The van der Waals surface area contributed by atoms with Gasteiger partial charge >= 0.3 is 6.18 Å². The van der Waals surface area contributed by atoms with Crippen molar-refractivity contribution in [2.45, 2.75) is 38.7 Å². The maximum absolute atomic E-state index is 14.1. The first-order valence-corrected chi connectivity index (χ1v) is 8.61. The first kappa shape index (κ1) is 18.6. The third kappa shape index (κ3) is 3.06. The van der Waals surface area contributed by atoms with Gasteiger partial charge in [-0.2, -0.15) is 18.3 Å². The van der Waals surface area contributed by atoms with E-state index in [0.29, 0.717) is 6.07 Å². The predicted octanol–water partition coefficient (Wildman–Crippen LogP) is 4.05. The maximum atomic E-state index is 14.1. The van der Waals surface area contributed by atoms with Crippen molar-refractivity contribution >= 4 is 11.0 Å². The van der Waals surface area contributed by atoms with Crippen molar-refractivity contribution in [3.8, 4) is 0 Å². The van der Waals surface area contributed by atoms with Crippen LogP contribution in [0, 0.1) is 18.7 Å². The second-order valence-corrected chi connectivity index (χ2v) is 6.89. The standard InChI is InChI=1S/C18H15F5N4O/c1-8-24-16-14(17(28)25-8)13(7-19)26-27(16)15(9-2-3-9)10-4-5-11(12(20)6-10)18(21,22)23/h4-6,9,15H,2-3,7H2,1H3,(H,24,25,28)/t15-/m0/s1. The predicted molar refractivity (Wildman–Crippen MR) is 90.0 cm³/mol. The molecule has 0 aliphatic heterocycles. The van der Waals surface area contributed by atoms with Crippen LogP contribution >= 0.6 is 0 Å². The van der Waals surface area contributed by atoms with Crippen molar-refractivity contribution < 1.29 is 22.0 Å². The Balaban J connectivity index is 1.91. The van der Waals surface area contributed by atoms with Gasteiger partial charge in [0.15, 0.2) is 5.65 Å². The summed E-state index contributed by atoms with van der Waals surface area (Å²) in [6.07, 6.45) is -3.30. The number of alkyl halides is 4. The molecule has 1 fully saturated rings. The monoisotopic (exact) mass is 398 g/mol. The molecule has 10 heteroatoms. The number of fused-ring (bicyclic) bond motifs is 1. The largest absolute Gasteiger partial charge is 0.419 e. The number of hydrogen-bond donors (Lipinski definition) is 1. The molecule has 1 aromatic carbocycles. The van der Waals surface area contributed by atoms with Gasteiger partial charge in [0.2, 0.25) is 0 Å². The lowest BCUT2D eigenvalue weighted by molar-refractivity contribution is -0.140. The van der Waals surface area contributed by atoms with Crippen LogP contribution in [0.25, 0.3) is 11.0 Å². The molecule has 0 saturated heterocycles. The molecule has 1 atom stereocenters. The van der Waals surface area contributed by atoms with E-state index in [1.54, 1.807) is 6.92 Å². The van der Waals surface area contributed by atoms with Gasteiger partial charge in [-0.25, -0.2) is 18.4 Å². The smallest absolute Gasteiger partial charge is 0.310 e. The molecule has 0 amide bonds. The number of nitrogens with zero attached hydrogens (tertiary/aromatic N) is 3. The minimum atomic E-state index is -4.80. The molecule has 1 saturated carbocycles. The van der Waals surface area contributed by atoms with Gasteiger partial charge in [0.05, 0.1) is 11.6 Å². The Hall–Kier alpha value is -2.78. The van der Waals surface area contributed by atoms with E-state index in [0.717, 1.165) is 18.9 Å². The van der Waals surface area contributed by atoms with Gasteiger partial charge in [-0.3, -0.25) is 4.79 Å². The number of nitrogens with one attached hydrogen (secondary N) is 1. The topological polar surface area (TPSA) is 63.6 Å². The van der Waals surface area contributed by atoms with Crippen LogP contribution in [0.4, 0.5) is 22.0 Å². The van der Waals surface area contributed by atoms with E-state index in [1.165, 1.54) is 10.7 Å². The molecule has 28 heavy (non-hydrogen) atoms. The first-order valence-electron chi connectivity index (χ1n) is 8.61. The normalized spacial score (nSPS) is 15.9. The number of H-pyrrole nitrogens is 1. The summed E-state index contributed by atoms with van der Waals surface area (Å²) in [6.45, 7) is 0.549. The first-order chi connectivity index (χ1) is 13.2. The molecule has 1 aliphatic carbocycles. The summed E-state index contributed by atoms with van der Waals surface area (Å²) in [5, 5.41) is 4.15. The fraction of sp³-hybridized carbons (Fsp3) is 0.389. The third-order valence-electron chi connectivity index (χ3n) is 4.85. The average molecular weight is 398 g/mol. The molecule has 5 nitrogen and oxygen atoms in total. The summed E-state index contributed by atoms with van der Waals surface area (Å²) < 4.78 is 67.5. The molecule has 3 aromatic rings. The Kier molecular flexibility index (Phi) is 4.24. The SMILES string of the molecule is Cc1nc2c(c(CF)nn2[C@H](c2ccc(C(F)(F)F)c(F)c2)C2CC2)c(=O)[nH]1. The van der Waals surface area contributed by atoms with Gasteiger partial charge in [0.1, 0.15) is 29.4 Å². The third-order valence-corrected chi connectivity index (χ3v) is 4.85. The number of aromatic amines is 1. The molecule has 148 valence electrons. The van der Waals surface area contributed by atoms with Crippen LogP contribution in [-0.4, -0.2) is 19.7 Å². The average Bonchev–Trinajstić information content (AvgIpc) is 3.36. The van der Waals surface area contributed by atoms with Gasteiger partial charge in [-0.1, -0.05) is 6.07 Å². The molecular formula is C18H15F5N4O. The number of halogens is 5. The number of hydrogen-bond acceptors (Lipinski definition) is 3. The van der Waals surface area contributed by atoms with Crippen molar-refractivity contribution in [1.29, 1.82) is 0 Å². The highest BCUT2D eigenvalue weighted by Crippen LogP contribution is 2.45. The highest BCUT2D eigenvalue weighted by Gasteiger charge is 2.39. The van der Waals surface area contributed by atoms with Gasteiger partial charge in [-0.15, -0.1) is 0 Å². The lowest BCUT2D eigenvalue weighted by Crippen LogP contribution is -2.18. The van der Waals surface area contributed by atoms with E-state index < -0.39 is 35.8 Å². The zero-order chi connectivity index (χ0) is 20.2. The Bertz CT molecular complexity index is 1110. The van der Waals surface area contributed by atoms with Crippen molar-refractivity contribution in [2.75, 3.05) is 0 Å². The van der Waals surface area contributed by atoms with Crippen LogP contribution in [0.5, 0.6) is 0 Å². The van der Waals surface area contributed by atoms with E-state index in [1.807, 2.05) is 0 Å². The molecule has 2 heterocycles. The molecule has 0 radical (unpaired) electrons. The second-order valence-electron chi connectivity index (χ2n) is 6.89. The molecule has 4 rings (SSSR count). The summed E-state index contributed by atoms with van der Waals surface area (Å²) in [4.78, 5) is 19.0. The molecule has 1 aliphatic rings.